The van der Waals surface area contributed by atoms with Crippen LogP contribution in [0.15, 0.2) is 18.3 Å². The van der Waals surface area contributed by atoms with E-state index in [1.54, 1.807) is 0 Å². The van der Waals surface area contributed by atoms with E-state index >= 15 is 0 Å². The van der Waals surface area contributed by atoms with Crippen molar-refractivity contribution >= 4 is 0 Å². The molecule has 1 heterocycles. The summed E-state index contributed by atoms with van der Waals surface area (Å²) in [6.07, 6.45) is 1.86. The molecular formula is C11H17NO. The molecule has 2 nitrogen and oxygen atoms in total. The van der Waals surface area contributed by atoms with Gasteiger partial charge in [0, 0.05) is 11.9 Å². The van der Waals surface area contributed by atoms with Crippen LogP contribution in [0, 0.1) is 6.92 Å². The van der Waals surface area contributed by atoms with Gasteiger partial charge in [-0.25, -0.2) is 0 Å². The lowest BCUT2D eigenvalue weighted by Gasteiger charge is -2.19. The molecule has 0 aliphatic heterocycles. The molecule has 0 bridgehead atoms. The molecule has 0 fully saturated rings. The van der Waals surface area contributed by atoms with E-state index < -0.39 is 0 Å². The van der Waals surface area contributed by atoms with Crippen LogP contribution in [0.1, 0.15) is 32.0 Å². The second kappa shape index (κ2) is 3.88. The highest BCUT2D eigenvalue weighted by molar-refractivity contribution is 5.12. The SMILES string of the molecule is Cc1ccc(COC(C)(C)C)cn1. The van der Waals surface area contributed by atoms with Crippen molar-refractivity contribution in [3.05, 3.63) is 29.6 Å². The minimum absolute atomic E-state index is 0.0785. The van der Waals surface area contributed by atoms with Gasteiger partial charge in [-0.3, -0.25) is 4.98 Å². The summed E-state index contributed by atoms with van der Waals surface area (Å²) in [5.74, 6) is 0. The molecule has 1 aromatic rings. The lowest BCUT2D eigenvalue weighted by Crippen LogP contribution is -2.18. The third kappa shape index (κ3) is 4.04. The minimum Gasteiger partial charge on any atom is -0.371 e. The lowest BCUT2D eigenvalue weighted by atomic mass is 10.2. The molecule has 0 amide bonds. The molecule has 1 aromatic heterocycles. The summed E-state index contributed by atoms with van der Waals surface area (Å²) in [5.41, 5.74) is 2.09. The van der Waals surface area contributed by atoms with Gasteiger partial charge < -0.3 is 4.74 Å². The fourth-order valence-corrected chi connectivity index (χ4v) is 0.884. The molecule has 1 rings (SSSR count). The summed E-state index contributed by atoms with van der Waals surface area (Å²) < 4.78 is 5.62. The molecule has 13 heavy (non-hydrogen) atoms. The van der Waals surface area contributed by atoms with Crippen LogP contribution in [0.25, 0.3) is 0 Å². The second-order valence-electron chi connectivity index (χ2n) is 4.21. The zero-order valence-electron chi connectivity index (χ0n) is 8.79. The highest BCUT2D eigenvalue weighted by Gasteiger charge is 2.09. The predicted octanol–water partition coefficient (Wildman–Crippen LogP) is 2.71. The van der Waals surface area contributed by atoms with Gasteiger partial charge in [0.2, 0.25) is 0 Å². The number of hydrogen-bond donors (Lipinski definition) is 0. The fourth-order valence-electron chi connectivity index (χ4n) is 0.884. The van der Waals surface area contributed by atoms with Crippen LogP contribution in [0.4, 0.5) is 0 Å². The summed E-state index contributed by atoms with van der Waals surface area (Å²) in [7, 11) is 0. The van der Waals surface area contributed by atoms with Crippen LogP contribution < -0.4 is 0 Å². The van der Waals surface area contributed by atoms with Crippen LogP contribution >= 0.6 is 0 Å². The Bertz CT molecular complexity index is 258. The van der Waals surface area contributed by atoms with Crippen LogP contribution in [-0.2, 0) is 11.3 Å². The van der Waals surface area contributed by atoms with Gasteiger partial charge >= 0.3 is 0 Å². The summed E-state index contributed by atoms with van der Waals surface area (Å²) in [5, 5.41) is 0. The van der Waals surface area contributed by atoms with Crippen LogP contribution in [0.3, 0.4) is 0 Å². The van der Waals surface area contributed by atoms with E-state index in [4.69, 9.17) is 4.74 Å². The molecule has 0 saturated heterocycles. The molecule has 72 valence electrons. The first kappa shape index (κ1) is 10.2. The predicted molar refractivity (Wildman–Crippen MR) is 53.5 cm³/mol. The molecule has 0 radical (unpaired) electrons. The van der Waals surface area contributed by atoms with E-state index in [2.05, 4.69) is 25.8 Å². The Hall–Kier alpha value is -0.890. The monoisotopic (exact) mass is 179 g/mol. The van der Waals surface area contributed by atoms with Gasteiger partial charge in [0.1, 0.15) is 0 Å². The Morgan fingerprint density at radius 1 is 1.31 bits per heavy atom. The number of hydrogen-bond acceptors (Lipinski definition) is 2. The number of aromatic nitrogens is 1. The molecule has 0 aliphatic carbocycles. The van der Waals surface area contributed by atoms with Crippen molar-refractivity contribution in [1.29, 1.82) is 0 Å². The van der Waals surface area contributed by atoms with Crippen molar-refractivity contribution < 1.29 is 4.74 Å². The lowest BCUT2D eigenvalue weighted by molar-refractivity contribution is -0.0150. The van der Waals surface area contributed by atoms with E-state index in [0.29, 0.717) is 6.61 Å². The molecule has 0 atom stereocenters. The topological polar surface area (TPSA) is 22.1 Å². The highest BCUT2D eigenvalue weighted by Crippen LogP contribution is 2.11. The summed E-state index contributed by atoms with van der Waals surface area (Å²) in [6, 6.07) is 4.05. The molecular weight excluding hydrogens is 162 g/mol. The number of ether oxygens (including phenoxy) is 1. The standard InChI is InChI=1S/C11H17NO/c1-9-5-6-10(7-12-9)8-13-11(2,3)4/h5-7H,8H2,1-4H3. The van der Waals surface area contributed by atoms with Crippen LogP contribution in [0.5, 0.6) is 0 Å². The Balaban J connectivity index is 2.51. The number of nitrogens with zero attached hydrogens (tertiary/aromatic N) is 1. The summed E-state index contributed by atoms with van der Waals surface area (Å²) in [6.45, 7) is 8.77. The largest absolute Gasteiger partial charge is 0.371 e. The van der Waals surface area contributed by atoms with E-state index in [0.717, 1.165) is 11.3 Å². The smallest absolute Gasteiger partial charge is 0.0738 e. The minimum atomic E-state index is -0.0785. The summed E-state index contributed by atoms with van der Waals surface area (Å²) in [4.78, 5) is 4.20. The van der Waals surface area contributed by atoms with Crippen molar-refractivity contribution in [3.63, 3.8) is 0 Å². The van der Waals surface area contributed by atoms with Gasteiger partial charge in [-0.05, 0) is 39.3 Å². The first-order valence-corrected chi connectivity index (χ1v) is 4.53. The number of rotatable bonds is 2. The molecule has 0 aromatic carbocycles. The van der Waals surface area contributed by atoms with Crippen molar-refractivity contribution in [3.8, 4) is 0 Å². The van der Waals surface area contributed by atoms with Gasteiger partial charge in [0.15, 0.2) is 0 Å². The van der Waals surface area contributed by atoms with Crippen LogP contribution in [0.2, 0.25) is 0 Å². The molecule has 0 spiro atoms. The highest BCUT2D eigenvalue weighted by atomic mass is 16.5. The Morgan fingerprint density at radius 3 is 2.46 bits per heavy atom. The van der Waals surface area contributed by atoms with Gasteiger partial charge in [0.25, 0.3) is 0 Å². The average molecular weight is 179 g/mol. The molecule has 0 unspecified atom stereocenters. The quantitative estimate of drug-likeness (QED) is 0.696. The molecule has 0 aliphatic rings. The van der Waals surface area contributed by atoms with Gasteiger partial charge in [-0.15, -0.1) is 0 Å². The third-order valence-electron chi connectivity index (χ3n) is 1.64. The fraction of sp³-hybridized carbons (Fsp3) is 0.545. The maximum atomic E-state index is 5.62. The first-order chi connectivity index (χ1) is 5.97. The zero-order valence-corrected chi connectivity index (χ0v) is 8.79. The molecule has 2 heteroatoms. The van der Waals surface area contributed by atoms with Gasteiger partial charge in [0.05, 0.1) is 12.2 Å². The van der Waals surface area contributed by atoms with E-state index in [9.17, 15) is 0 Å². The van der Waals surface area contributed by atoms with Gasteiger partial charge in [-0.1, -0.05) is 6.07 Å². The number of aryl methyl sites for hydroxylation is 1. The van der Waals surface area contributed by atoms with Crippen molar-refractivity contribution in [2.24, 2.45) is 0 Å². The Morgan fingerprint density at radius 2 is 2.00 bits per heavy atom. The van der Waals surface area contributed by atoms with Crippen molar-refractivity contribution in [2.75, 3.05) is 0 Å². The van der Waals surface area contributed by atoms with Crippen LogP contribution in [-0.4, -0.2) is 10.6 Å². The summed E-state index contributed by atoms with van der Waals surface area (Å²) >= 11 is 0. The molecule has 0 N–H and O–H groups in total. The van der Waals surface area contributed by atoms with Gasteiger partial charge in [-0.2, -0.15) is 0 Å². The maximum absolute atomic E-state index is 5.62. The Kier molecular flexibility index (Phi) is 3.04. The first-order valence-electron chi connectivity index (χ1n) is 4.53. The zero-order chi connectivity index (χ0) is 9.90. The average Bonchev–Trinajstić information content (AvgIpc) is 2.02. The number of pyridine rings is 1. The van der Waals surface area contributed by atoms with E-state index in [1.165, 1.54) is 0 Å². The van der Waals surface area contributed by atoms with Crippen molar-refractivity contribution in [1.82, 2.24) is 4.98 Å². The maximum Gasteiger partial charge on any atom is 0.0738 e. The molecule has 0 saturated carbocycles. The third-order valence-corrected chi connectivity index (χ3v) is 1.64. The second-order valence-corrected chi connectivity index (χ2v) is 4.21. The normalized spacial score (nSPS) is 11.7. The van der Waals surface area contributed by atoms with Crippen molar-refractivity contribution in [2.45, 2.75) is 39.9 Å². The van der Waals surface area contributed by atoms with E-state index in [1.807, 2.05) is 25.3 Å². The van der Waals surface area contributed by atoms with E-state index in [-0.39, 0.29) is 5.60 Å². The Labute approximate surface area is 80.0 Å².